The normalized spacial score (nSPS) is 23.9. The van der Waals surface area contributed by atoms with Gasteiger partial charge >= 0.3 is 0 Å². The fourth-order valence-electron chi connectivity index (χ4n) is 1.87. The molecule has 0 aliphatic carbocycles. The van der Waals surface area contributed by atoms with Gasteiger partial charge in [0.1, 0.15) is 0 Å². The average molecular weight is 263 g/mol. The van der Waals surface area contributed by atoms with E-state index in [1.807, 2.05) is 20.8 Å². The molecule has 1 fully saturated rings. The summed E-state index contributed by atoms with van der Waals surface area (Å²) in [7, 11) is -3.35. The molecule has 0 aromatic carbocycles. The van der Waals surface area contributed by atoms with Crippen molar-refractivity contribution in [3.8, 4) is 0 Å². The fourth-order valence-corrected chi connectivity index (χ4v) is 3.56. The number of hydrogen-bond acceptors (Lipinski definition) is 3. The lowest BCUT2D eigenvalue weighted by Crippen LogP contribution is -2.50. The molecule has 0 aromatic heterocycles. The molecule has 0 aromatic rings. The molecular weight excluding hydrogens is 238 g/mol. The first kappa shape index (κ1) is 14.9. The molecule has 0 bridgehead atoms. The van der Waals surface area contributed by atoms with Crippen molar-refractivity contribution in [3.05, 3.63) is 0 Å². The van der Waals surface area contributed by atoms with Gasteiger partial charge in [0.25, 0.3) is 10.2 Å². The van der Waals surface area contributed by atoms with Crippen LogP contribution in [0.5, 0.6) is 0 Å². The van der Waals surface area contributed by atoms with Gasteiger partial charge in [-0.2, -0.15) is 12.7 Å². The van der Waals surface area contributed by atoms with Crippen LogP contribution >= 0.6 is 0 Å². The van der Waals surface area contributed by atoms with Crippen molar-refractivity contribution in [3.63, 3.8) is 0 Å². The summed E-state index contributed by atoms with van der Waals surface area (Å²) in [4.78, 5) is 0. The minimum Gasteiger partial charge on any atom is -0.330 e. The second kappa shape index (κ2) is 5.65. The fraction of sp³-hybridized carbons (Fsp3) is 1.00. The van der Waals surface area contributed by atoms with Crippen molar-refractivity contribution in [2.75, 3.05) is 19.6 Å². The van der Waals surface area contributed by atoms with E-state index >= 15 is 0 Å². The Morgan fingerprint density at radius 1 is 1.41 bits per heavy atom. The van der Waals surface area contributed by atoms with E-state index in [1.54, 1.807) is 4.31 Å². The lowest BCUT2D eigenvalue weighted by atomic mass is 9.95. The van der Waals surface area contributed by atoms with Crippen LogP contribution in [0.15, 0.2) is 0 Å². The van der Waals surface area contributed by atoms with Crippen LogP contribution in [-0.4, -0.2) is 38.4 Å². The summed E-state index contributed by atoms with van der Waals surface area (Å²) in [5.74, 6) is 0. The Bertz CT molecular complexity index is 341. The Hall–Kier alpha value is -0.170. The number of nitrogens with zero attached hydrogens (tertiary/aromatic N) is 1. The van der Waals surface area contributed by atoms with Crippen LogP contribution in [0, 0.1) is 5.41 Å². The molecule has 3 N–H and O–H groups in total. The molecule has 1 rings (SSSR count). The summed E-state index contributed by atoms with van der Waals surface area (Å²) in [6.45, 7) is 7.34. The Labute approximate surface area is 105 Å². The highest BCUT2D eigenvalue weighted by Crippen LogP contribution is 2.20. The molecule has 1 heterocycles. The van der Waals surface area contributed by atoms with Gasteiger partial charge in [-0.25, -0.2) is 4.72 Å². The molecule has 0 radical (unpaired) electrons. The standard InChI is InChI=1S/C11H25N3O2S/c1-10-6-4-5-7-14(10)17(15,16)13-9-11(2,3)8-12/h10,13H,4-9,12H2,1-3H3. The molecule has 0 saturated carbocycles. The van der Waals surface area contributed by atoms with Crippen LogP contribution in [-0.2, 0) is 10.2 Å². The molecule has 1 unspecified atom stereocenters. The summed E-state index contributed by atoms with van der Waals surface area (Å²) in [6, 6.07) is 0.0993. The maximum Gasteiger partial charge on any atom is 0.279 e. The molecule has 102 valence electrons. The second-order valence-corrected chi connectivity index (χ2v) is 7.36. The molecule has 6 heteroatoms. The minimum atomic E-state index is -3.35. The predicted molar refractivity (Wildman–Crippen MR) is 69.8 cm³/mol. The monoisotopic (exact) mass is 263 g/mol. The van der Waals surface area contributed by atoms with Crippen LogP contribution < -0.4 is 10.5 Å². The van der Waals surface area contributed by atoms with Gasteiger partial charge in [-0.05, 0) is 31.7 Å². The van der Waals surface area contributed by atoms with Crippen LogP contribution in [0.3, 0.4) is 0 Å². The van der Waals surface area contributed by atoms with E-state index in [0.717, 1.165) is 19.3 Å². The van der Waals surface area contributed by atoms with Crippen molar-refractivity contribution < 1.29 is 8.42 Å². The summed E-state index contributed by atoms with van der Waals surface area (Å²) >= 11 is 0. The van der Waals surface area contributed by atoms with E-state index < -0.39 is 10.2 Å². The van der Waals surface area contributed by atoms with Crippen molar-refractivity contribution in [1.29, 1.82) is 0 Å². The van der Waals surface area contributed by atoms with Crippen LogP contribution in [0.4, 0.5) is 0 Å². The van der Waals surface area contributed by atoms with E-state index in [0.29, 0.717) is 19.6 Å². The largest absolute Gasteiger partial charge is 0.330 e. The van der Waals surface area contributed by atoms with Gasteiger partial charge in [0.2, 0.25) is 0 Å². The molecule has 0 amide bonds. The van der Waals surface area contributed by atoms with Crippen LogP contribution in [0.25, 0.3) is 0 Å². The lowest BCUT2D eigenvalue weighted by Gasteiger charge is -2.33. The number of nitrogens with two attached hydrogens (primary N) is 1. The molecule has 0 spiro atoms. The van der Waals surface area contributed by atoms with Crippen LogP contribution in [0.2, 0.25) is 0 Å². The summed E-state index contributed by atoms with van der Waals surface area (Å²) < 4.78 is 28.5. The highest BCUT2D eigenvalue weighted by Gasteiger charge is 2.30. The number of piperidine rings is 1. The number of rotatable bonds is 5. The topological polar surface area (TPSA) is 75.4 Å². The zero-order valence-electron chi connectivity index (χ0n) is 11.1. The third-order valence-corrected chi connectivity index (χ3v) is 5.01. The van der Waals surface area contributed by atoms with E-state index in [1.165, 1.54) is 0 Å². The molecular formula is C11H25N3O2S. The Balaban J connectivity index is 2.62. The van der Waals surface area contributed by atoms with Crippen molar-refractivity contribution in [1.82, 2.24) is 9.03 Å². The molecule has 1 aliphatic rings. The third kappa shape index (κ3) is 4.21. The summed E-state index contributed by atoms with van der Waals surface area (Å²) in [5.41, 5.74) is 5.39. The summed E-state index contributed by atoms with van der Waals surface area (Å²) in [5, 5.41) is 0. The zero-order valence-corrected chi connectivity index (χ0v) is 11.9. The Morgan fingerprint density at radius 2 is 2.06 bits per heavy atom. The van der Waals surface area contributed by atoms with E-state index in [-0.39, 0.29) is 11.5 Å². The van der Waals surface area contributed by atoms with Gasteiger partial charge in [0.15, 0.2) is 0 Å². The maximum absolute atomic E-state index is 12.1. The Morgan fingerprint density at radius 3 is 2.59 bits per heavy atom. The van der Waals surface area contributed by atoms with Gasteiger partial charge in [-0.1, -0.05) is 20.3 Å². The molecule has 5 nitrogen and oxygen atoms in total. The van der Waals surface area contributed by atoms with Crippen molar-refractivity contribution >= 4 is 10.2 Å². The molecule has 1 atom stereocenters. The molecule has 1 saturated heterocycles. The zero-order chi connectivity index (χ0) is 13.1. The summed E-state index contributed by atoms with van der Waals surface area (Å²) in [6.07, 6.45) is 3.01. The number of nitrogens with one attached hydrogen (secondary N) is 1. The average Bonchev–Trinajstić information content (AvgIpc) is 2.27. The first-order valence-corrected chi connectivity index (χ1v) is 7.69. The highest BCUT2D eigenvalue weighted by atomic mass is 32.2. The van der Waals surface area contributed by atoms with Gasteiger partial charge in [0.05, 0.1) is 0 Å². The first-order chi connectivity index (χ1) is 7.78. The quantitative estimate of drug-likeness (QED) is 0.766. The van der Waals surface area contributed by atoms with Gasteiger partial charge in [-0.15, -0.1) is 0 Å². The lowest BCUT2D eigenvalue weighted by molar-refractivity contribution is 0.262. The van der Waals surface area contributed by atoms with E-state index in [9.17, 15) is 8.42 Å². The third-order valence-electron chi connectivity index (χ3n) is 3.34. The van der Waals surface area contributed by atoms with Crippen molar-refractivity contribution in [2.24, 2.45) is 11.1 Å². The highest BCUT2D eigenvalue weighted by molar-refractivity contribution is 7.87. The van der Waals surface area contributed by atoms with Gasteiger partial charge in [0, 0.05) is 19.1 Å². The van der Waals surface area contributed by atoms with Gasteiger partial charge < -0.3 is 5.73 Å². The minimum absolute atomic E-state index is 0.0993. The van der Waals surface area contributed by atoms with E-state index in [2.05, 4.69) is 4.72 Å². The smallest absolute Gasteiger partial charge is 0.279 e. The van der Waals surface area contributed by atoms with E-state index in [4.69, 9.17) is 5.73 Å². The van der Waals surface area contributed by atoms with Crippen molar-refractivity contribution in [2.45, 2.75) is 46.1 Å². The predicted octanol–water partition coefficient (Wildman–Crippen LogP) is 0.680. The molecule has 1 aliphatic heterocycles. The molecule has 17 heavy (non-hydrogen) atoms. The second-order valence-electron chi connectivity index (χ2n) is 5.65. The van der Waals surface area contributed by atoms with Gasteiger partial charge in [-0.3, -0.25) is 0 Å². The SMILES string of the molecule is CC1CCCCN1S(=O)(=O)NCC(C)(C)CN. The number of hydrogen-bond donors (Lipinski definition) is 2. The Kier molecular flexibility index (Phi) is 4.95. The van der Waals surface area contributed by atoms with Crippen LogP contribution in [0.1, 0.15) is 40.0 Å². The maximum atomic E-state index is 12.1. The first-order valence-electron chi connectivity index (χ1n) is 6.25.